The van der Waals surface area contributed by atoms with Gasteiger partial charge in [-0.05, 0) is 0 Å². The van der Waals surface area contributed by atoms with Crippen LogP contribution in [0.15, 0.2) is 47.6 Å². The molecule has 0 amide bonds. The maximum atomic E-state index is 2.32. The molecule has 1 heteroatoms. The zero-order valence-corrected chi connectivity index (χ0v) is 9.44. The van der Waals surface area contributed by atoms with Crippen LogP contribution in [0.4, 0.5) is 0 Å². The second-order valence-electron chi connectivity index (χ2n) is 3.77. The molecule has 13 heavy (non-hydrogen) atoms. The van der Waals surface area contributed by atoms with Crippen LogP contribution >= 0.6 is 0 Å². The van der Waals surface area contributed by atoms with E-state index in [1.54, 1.807) is 11.1 Å². The van der Waals surface area contributed by atoms with E-state index in [0.717, 1.165) is 12.8 Å². The van der Waals surface area contributed by atoms with E-state index in [0.29, 0.717) is 0 Å². The molecule has 0 saturated heterocycles. The Hall–Kier alpha value is -0.326. The Kier molecular flexibility index (Phi) is 2.44. The topological polar surface area (TPSA) is 0 Å². The first kappa shape index (κ1) is 9.24. The van der Waals surface area contributed by atoms with Crippen molar-refractivity contribution in [3.05, 3.63) is 47.6 Å². The van der Waals surface area contributed by atoms with E-state index in [2.05, 4.69) is 63.8 Å². The molecule has 2 rings (SSSR count). The molecular weight excluding hydrogens is 192 g/mol. The molecule has 0 atom stereocenters. The van der Waals surface area contributed by atoms with Crippen molar-refractivity contribution in [2.75, 3.05) is 0 Å². The molecule has 0 bridgehead atoms. The maximum Gasteiger partial charge on any atom is -1.00 e. The molecule has 0 radical (unpaired) electrons. The van der Waals surface area contributed by atoms with Crippen LogP contribution in [0.1, 0.15) is 24.0 Å². The first-order valence-corrected chi connectivity index (χ1v) is 5.47. The smallest absolute Gasteiger partial charge is 1.00 e. The molecule has 68 valence electrons. The van der Waals surface area contributed by atoms with Crippen molar-refractivity contribution < 1.29 is 24.7 Å². The minimum atomic E-state index is 0. The van der Waals surface area contributed by atoms with Crippen LogP contribution < -0.4 is 0 Å². The molecule has 0 spiro atoms. The van der Waals surface area contributed by atoms with Crippen molar-refractivity contribution in [3.8, 4) is 0 Å². The van der Waals surface area contributed by atoms with E-state index in [-0.39, 0.29) is 8.00 Å². The number of rotatable bonds is 2. The third-order valence-corrected chi connectivity index (χ3v) is 3.83. The Bertz CT molecular complexity index is 306. The van der Waals surface area contributed by atoms with Crippen molar-refractivity contribution in [3.63, 3.8) is 0 Å². The summed E-state index contributed by atoms with van der Waals surface area (Å²) < 4.78 is 0.257. The van der Waals surface area contributed by atoms with Crippen LogP contribution in [-0.2, 0) is 20.4 Å². The second-order valence-corrected chi connectivity index (χ2v) is 5.33. The van der Waals surface area contributed by atoms with Crippen molar-refractivity contribution in [2.45, 2.75) is 23.5 Å². The summed E-state index contributed by atoms with van der Waals surface area (Å²) >= 11 is 2.32. The zero-order chi connectivity index (χ0) is 9.31. The summed E-state index contributed by atoms with van der Waals surface area (Å²) in [6, 6.07) is 0. The molecule has 0 aromatic heterocycles. The summed E-state index contributed by atoms with van der Waals surface area (Å²) in [7, 11) is 0. The molecule has 0 saturated carbocycles. The molecule has 0 aromatic carbocycles. The van der Waals surface area contributed by atoms with Crippen LogP contribution in [0, 0.1) is 0 Å². The molecule has 2 aliphatic carbocycles. The number of hydrogen-bond donors (Lipinski definition) is 0. The van der Waals surface area contributed by atoms with E-state index in [1.165, 1.54) is 0 Å². The largest absolute Gasteiger partial charge is 1.00 e. The normalized spacial score (nSPS) is 20.8. The minimum Gasteiger partial charge on any atom is -1.00 e. The molecule has 0 aliphatic heterocycles. The van der Waals surface area contributed by atoms with E-state index >= 15 is 0 Å². The quantitative estimate of drug-likeness (QED) is 0.605. The summed E-state index contributed by atoms with van der Waals surface area (Å²) in [5.74, 6) is 0. The summed E-state index contributed by atoms with van der Waals surface area (Å²) in [5.41, 5.74) is 3.09. The van der Waals surface area contributed by atoms with Gasteiger partial charge in [-0.3, -0.25) is 0 Å². The fraction of sp³-hybridized carbons (Fsp3) is 0.333. The minimum absolute atomic E-state index is 0. The third kappa shape index (κ3) is 1.66. The standard InChI is InChI=1S/C12H13.Ti.3H/c1-10(11-6-2-3-7-11)12-8-4-5-9-12;;;;/h2-6,8H,7,9H2,1H3;;;;/q;+3;3*-1. The molecule has 0 N–H and O–H groups in total. The van der Waals surface area contributed by atoms with E-state index in [4.69, 9.17) is 0 Å². The van der Waals surface area contributed by atoms with Crippen LogP contribution in [0.2, 0.25) is 3.72 Å². The van der Waals surface area contributed by atoms with Gasteiger partial charge >= 0.3 is 91.5 Å². The van der Waals surface area contributed by atoms with E-state index in [9.17, 15) is 0 Å². The summed E-state index contributed by atoms with van der Waals surface area (Å²) in [6.45, 7) is 2.32. The molecule has 0 heterocycles. The van der Waals surface area contributed by atoms with Gasteiger partial charge in [0.25, 0.3) is 0 Å². The molecule has 0 aromatic rings. The summed E-state index contributed by atoms with van der Waals surface area (Å²) in [6.07, 6.45) is 15.6. The van der Waals surface area contributed by atoms with Crippen LogP contribution in [0.5, 0.6) is 0 Å². The van der Waals surface area contributed by atoms with Gasteiger partial charge in [0.05, 0.1) is 0 Å². The predicted octanol–water partition coefficient (Wildman–Crippen LogP) is 3.82. The van der Waals surface area contributed by atoms with Gasteiger partial charge in [0.15, 0.2) is 0 Å². The third-order valence-electron chi connectivity index (χ3n) is 2.83. The maximum absolute atomic E-state index is 2.32. The summed E-state index contributed by atoms with van der Waals surface area (Å²) in [4.78, 5) is 0. The van der Waals surface area contributed by atoms with Crippen LogP contribution in [-0.4, -0.2) is 0 Å². The fourth-order valence-corrected chi connectivity index (χ4v) is 2.42. The number of hydrogen-bond acceptors (Lipinski definition) is 0. The molecule has 0 unspecified atom stereocenters. The molecule has 0 nitrogen and oxygen atoms in total. The number of allylic oxidation sites excluding steroid dienone is 8. The van der Waals surface area contributed by atoms with Crippen molar-refractivity contribution in [1.29, 1.82) is 0 Å². The first-order chi connectivity index (χ1) is 6.21. The Balaban J connectivity index is 0. The zero-order valence-electron chi connectivity index (χ0n) is 10.9. The van der Waals surface area contributed by atoms with Gasteiger partial charge in [-0.15, -0.1) is 0 Å². The molecular formula is C12H16Ti. The van der Waals surface area contributed by atoms with E-state index < -0.39 is 0 Å². The van der Waals surface area contributed by atoms with Crippen LogP contribution in [0.25, 0.3) is 0 Å². The second kappa shape index (κ2) is 3.44. The van der Waals surface area contributed by atoms with E-state index in [1.807, 2.05) is 0 Å². The van der Waals surface area contributed by atoms with Gasteiger partial charge < -0.3 is 4.28 Å². The average Bonchev–Trinajstić information content (AvgIpc) is 2.78. The van der Waals surface area contributed by atoms with Gasteiger partial charge in [0.2, 0.25) is 0 Å². The first-order valence-electron chi connectivity index (χ1n) is 4.68. The monoisotopic (exact) mass is 208 g/mol. The molecule has 0 fully saturated rings. The summed E-state index contributed by atoms with van der Waals surface area (Å²) in [5, 5.41) is 0. The van der Waals surface area contributed by atoms with Gasteiger partial charge in [-0.1, -0.05) is 0 Å². The Labute approximate surface area is 96.0 Å². The predicted molar refractivity (Wildman–Crippen MR) is 55.4 cm³/mol. The van der Waals surface area contributed by atoms with Crippen molar-refractivity contribution in [2.24, 2.45) is 0 Å². The fourth-order valence-electron chi connectivity index (χ4n) is 1.84. The van der Waals surface area contributed by atoms with Gasteiger partial charge in [-0.25, -0.2) is 0 Å². The Morgan fingerprint density at radius 1 is 1.15 bits per heavy atom. The van der Waals surface area contributed by atoms with Gasteiger partial charge in [0.1, 0.15) is 0 Å². The SMILES string of the molecule is C[C]([Ti+3])(C1=CC=CC1)C1=CC=CC1.[H-].[H-].[H-]. The van der Waals surface area contributed by atoms with Crippen molar-refractivity contribution >= 4 is 0 Å². The average molecular weight is 208 g/mol. The van der Waals surface area contributed by atoms with Gasteiger partial charge in [0, 0.05) is 0 Å². The van der Waals surface area contributed by atoms with Crippen molar-refractivity contribution in [1.82, 2.24) is 0 Å². The Morgan fingerprint density at radius 2 is 1.62 bits per heavy atom. The van der Waals surface area contributed by atoms with Gasteiger partial charge in [-0.2, -0.15) is 0 Å². The molecule has 2 aliphatic rings. The van der Waals surface area contributed by atoms with Crippen LogP contribution in [0.3, 0.4) is 0 Å². The Morgan fingerprint density at radius 3 is 1.92 bits per heavy atom.